The molecule has 0 aromatic heterocycles. The van der Waals surface area contributed by atoms with E-state index in [1.54, 1.807) is 48.5 Å². The van der Waals surface area contributed by atoms with Crippen molar-refractivity contribution >= 4 is 88.7 Å². The Morgan fingerprint density at radius 3 is 1.32 bits per heavy atom. The minimum Gasteiger partial charge on any atom is -0.508 e. The SMILES string of the molecule is CC[C@H](C)[C@H](NC(=O)[C@H](CC(C)C)NC(=O)[C@H](CC(=O)O)NC(=O)[C@H](CCCN=C(N)N)NC(=O)[C@H](Cc1ccc(O)cc1)NC(=O)[C@@H](NC(=O)[C@@H](NC(=O)[C@@H](N)CCSC)[C@@H](C)CC)[C@@H](C)CC)C(=O)N[C@@H](CO)C(=O)N[C@@H](CCCCN)C(=O)N[C@@H](CCCCN)C(=O)O. The van der Waals surface area contributed by atoms with Gasteiger partial charge in [0.2, 0.25) is 59.1 Å². The number of amides is 10. The zero-order valence-corrected chi connectivity index (χ0v) is 57.9. The summed E-state index contributed by atoms with van der Waals surface area (Å²) in [6.45, 7) is 13.2. The van der Waals surface area contributed by atoms with Crippen molar-refractivity contribution in [3.8, 4) is 5.75 Å². The summed E-state index contributed by atoms with van der Waals surface area (Å²) in [6.07, 6.45) is 3.28. The van der Waals surface area contributed by atoms with E-state index in [9.17, 15) is 78.0 Å². The number of aliphatic carboxylic acids is 2. The van der Waals surface area contributed by atoms with Gasteiger partial charge in [-0.25, -0.2) is 4.79 Å². The number of carboxylic acids is 2. The number of aliphatic imine (C=N–C) groups is 1. The van der Waals surface area contributed by atoms with Crippen LogP contribution in [-0.4, -0.2) is 202 Å². The number of benzene rings is 1. The van der Waals surface area contributed by atoms with Crippen molar-refractivity contribution < 1.29 is 78.0 Å². The molecule has 96 heavy (non-hydrogen) atoms. The van der Waals surface area contributed by atoms with Gasteiger partial charge >= 0.3 is 11.9 Å². The zero-order valence-electron chi connectivity index (χ0n) is 57.0. The molecular formula is C63H110N16O16S. The molecule has 0 aliphatic rings. The first kappa shape index (κ1) is 86.1. The highest BCUT2D eigenvalue weighted by Gasteiger charge is 2.39. The summed E-state index contributed by atoms with van der Waals surface area (Å²) in [6, 6.07) is -10.1. The average molecular weight is 1380 g/mol. The van der Waals surface area contributed by atoms with Gasteiger partial charge in [-0.05, 0) is 131 Å². The molecule has 1 rings (SSSR count). The predicted molar refractivity (Wildman–Crippen MR) is 363 cm³/mol. The highest BCUT2D eigenvalue weighted by molar-refractivity contribution is 7.98. The number of guanidine groups is 1. The van der Waals surface area contributed by atoms with Crippen LogP contribution in [-0.2, 0) is 64.0 Å². The Labute approximate surface area is 567 Å². The van der Waals surface area contributed by atoms with Crippen LogP contribution in [0.25, 0.3) is 0 Å². The van der Waals surface area contributed by atoms with Gasteiger partial charge < -0.3 is 102 Å². The number of aliphatic hydroxyl groups is 1. The maximum Gasteiger partial charge on any atom is 0.326 e. The van der Waals surface area contributed by atoms with Crippen molar-refractivity contribution in [3.63, 3.8) is 0 Å². The minimum atomic E-state index is -1.94. The van der Waals surface area contributed by atoms with Crippen molar-refractivity contribution in [3.05, 3.63) is 29.8 Å². The van der Waals surface area contributed by atoms with E-state index in [2.05, 4.69) is 58.2 Å². The van der Waals surface area contributed by atoms with E-state index >= 15 is 0 Å². The van der Waals surface area contributed by atoms with E-state index in [4.69, 9.17) is 28.7 Å². The summed E-state index contributed by atoms with van der Waals surface area (Å²) in [5.74, 6) is -13.9. The van der Waals surface area contributed by atoms with E-state index in [-0.39, 0.29) is 75.7 Å². The van der Waals surface area contributed by atoms with E-state index in [0.29, 0.717) is 62.8 Å². The van der Waals surface area contributed by atoms with Crippen molar-refractivity contribution in [2.75, 3.05) is 38.2 Å². The molecule has 0 saturated heterocycles. The lowest BCUT2D eigenvalue weighted by atomic mass is 9.94. The Bertz CT molecular complexity index is 2690. The molecule has 14 atom stereocenters. The van der Waals surface area contributed by atoms with Gasteiger partial charge in [-0.1, -0.05) is 86.8 Å². The fourth-order valence-corrected chi connectivity index (χ4v) is 10.3. The fraction of sp³-hybridized carbons (Fsp3) is 0.698. The molecule has 24 N–H and O–H groups in total. The molecule has 32 nitrogen and oxygen atoms in total. The molecule has 0 heterocycles. The molecule has 1 aromatic rings. The number of aromatic hydroxyl groups is 1. The molecule has 0 aliphatic carbocycles. The normalized spacial score (nSPS) is 15.6. The third kappa shape index (κ3) is 32.2. The number of hydrogen-bond donors (Lipinski definition) is 19. The number of rotatable bonds is 49. The number of carbonyl (C=O) groups is 12. The van der Waals surface area contributed by atoms with E-state index in [0.717, 1.165) is 0 Å². The molecule has 0 unspecified atom stereocenters. The van der Waals surface area contributed by atoms with Crippen LogP contribution in [0.3, 0.4) is 0 Å². The number of nitrogens with zero attached hydrogens (tertiary/aromatic N) is 1. The monoisotopic (exact) mass is 1380 g/mol. The number of phenols is 1. The van der Waals surface area contributed by atoms with E-state index in [1.807, 2.05) is 13.2 Å². The fourth-order valence-electron chi connectivity index (χ4n) is 9.77. The van der Waals surface area contributed by atoms with Crippen molar-refractivity contribution in [2.24, 2.45) is 57.3 Å². The Balaban J connectivity index is 3.73. The number of thioether (sulfide) groups is 1. The van der Waals surface area contributed by atoms with Crippen LogP contribution in [0, 0.1) is 23.7 Å². The first-order valence-electron chi connectivity index (χ1n) is 32.9. The molecule has 0 bridgehead atoms. The Kier molecular flexibility index (Phi) is 41.5. The average Bonchev–Trinajstić information content (AvgIpc) is 0.868. The number of hydrogen-bond acceptors (Lipinski definition) is 19. The standard InChI is InChI=1S/C63H110N16O16S/c1-10-35(6)49(60(92)76-47(33-80)58(90)71-41(18-13-15-26-64)53(85)72-43(62(94)95)19-14-16-27-65)78-57(89)44(30-34(4)5)73-56(88)46(32-48(82)83)74-54(86)42(20-17-28-69-63(67)68)70-55(87)45(31-38-21-23-39(81)24-22-38)75-59(91)50(36(7)11-2)79-61(93)51(37(8)12-3)77-52(84)40(66)25-29-96-9/h21-24,34-37,40-47,49-51,80-81H,10-20,25-33,64-66H2,1-9H3,(H,70,87)(H,71,90)(H,72,85)(H,73,88)(H,74,86)(H,75,91)(H,76,92)(H,77,84)(H,78,89)(H,79,93)(H,82,83)(H,94,95)(H4,67,68,69)/t35-,36-,37-,40-,41-,42-,43-,44-,45-,46-,47-,49-,50-,51-/m0/s1. The molecule has 0 saturated carbocycles. The number of nitrogens with one attached hydrogen (secondary N) is 10. The van der Waals surface area contributed by atoms with Crippen LogP contribution in [0.2, 0.25) is 0 Å². The molecule has 0 spiro atoms. The Morgan fingerprint density at radius 2 is 0.875 bits per heavy atom. The quantitative estimate of drug-likeness (QED) is 0.0189. The van der Waals surface area contributed by atoms with E-state index < -0.39 is 168 Å². The highest BCUT2D eigenvalue weighted by atomic mass is 32.2. The first-order valence-corrected chi connectivity index (χ1v) is 34.3. The largest absolute Gasteiger partial charge is 0.508 e. The zero-order chi connectivity index (χ0) is 72.8. The number of carbonyl (C=O) groups excluding carboxylic acids is 10. The molecule has 0 fully saturated rings. The van der Waals surface area contributed by atoms with Crippen LogP contribution < -0.4 is 81.8 Å². The molecule has 544 valence electrons. The third-order valence-electron chi connectivity index (χ3n) is 16.2. The molecule has 1 aromatic carbocycles. The van der Waals surface area contributed by atoms with Gasteiger partial charge in [-0.3, -0.25) is 57.7 Å². The summed E-state index contributed by atoms with van der Waals surface area (Å²) in [5, 5.41) is 66.1. The topological polar surface area (TPSA) is 549 Å². The maximum absolute atomic E-state index is 14.7. The lowest BCUT2D eigenvalue weighted by molar-refractivity contribution is -0.142. The first-order chi connectivity index (χ1) is 45.3. The van der Waals surface area contributed by atoms with Crippen LogP contribution in [0.5, 0.6) is 5.75 Å². The summed E-state index contributed by atoms with van der Waals surface area (Å²) >= 11 is 1.50. The Hall–Kier alpha value is -7.88. The number of carboxylic acid groups (broad SMARTS) is 2. The highest BCUT2D eigenvalue weighted by Crippen LogP contribution is 2.18. The van der Waals surface area contributed by atoms with Gasteiger partial charge in [0, 0.05) is 13.0 Å². The summed E-state index contributed by atoms with van der Waals surface area (Å²) < 4.78 is 0. The second-order valence-corrected chi connectivity index (χ2v) is 25.6. The smallest absolute Gasteiger partial charge is 0.326 e. The summed E-state index contributed by atoms with van der Waals surface area (Å²) in [4.78, 5) is 170. The van der Waals surface area contributed by atoms with Crippen molar-refractivity contribution in [1.82, 2.24) is 53.2 Å². The molecule has 0 aliphatic heterocycles. The molecule has 10 amide bonds. The number of phenolic OH excluding ortho intramolecular Hbond substituents is 1. The van der Waals surface area contributed by atoms with Gasteiger partial charge in [0.05, 0.1) is 19.1 Å². The maximum atomic E-state index is 14.7. The van der Waals surface area contributed by atoms with Crippen LogP contribution in [0.4, 0.5) is 0 Å². The number of aliphatic hydroxyl groups excluding tert-OH is 1. The molecule has 0 radical (unpaired) electrons. The predicted octanol–water partition coefficient (Wildman–Crippen LogP) is -2.09. The molecule has 33 heteroatoms. The second kappa shape index (κ2) is 46.3. The van der Waals surface area contributed by atoms with Crippen LogP contribution in [0.15, 0.2) is 29.3 Å². The van der Waals surface area contributed by atoms with E-state index in [1.165, 1.54) is 36.0 Å². The lowest BCUT2D eigenvalue weighted by Crippen LogP contribution is -2.62. The third-order valence-corrected chi connectivity index (χ3v) is 16.9. The van der Waals surface area contributed by atoms with Crippen LogP contribution in [0.1, 0.15) is 151 Å². The van der Waals surface area contributed by atoms with Gasteiger partial charge in [-0.15, -0.1) is 0 Å². The van der Waals surface area contributed by atoms with Gasteiger partial charge in [0.25, 0.3) is 0 Å². The van der Waals surface area contributed by atoms with Gasteiger partial charge in [0.15, 0.2) is 5.96 Å². The van der Waals surface area contributed by atoms with Gasteiger partial charge in [0.1, 0.15) is 66.2 Å². The Morgan fingerprint density at radius 1 is 0.490 bits per heavy atom. The minimum absolute atomic E-state index is 0.00295. The number of unbranched alkanes of at least 4 members (excludes halogenated alkanes) is 2. The van der Waals surface area contributed by atoms with Crippen LogP contribution >= 0.6 is 11.8 Å². The second-order valence-electron chi connectivity index (χ2n) is 24.6. The molecular weight excluding hydrogens is 1270 g/mol. The lowest BCUT2D eigenvalue weighted by Gasteiger charge is -2.31. The van der Waals surface area contributed by atoms with Crippen molar-refractivity contribution in [1.29, 1.82) is 0 Å². The summed E-state index contributed by atoms with van der Waals surface area (Å²) in [7, 11) is 0. The number of nitrogens with two attached hydrogens (primary N) is 5. The van der Waals surface area contributed by atoms with Gasteiger partial charge in [-0.2, -0.15) is 11.8 Å². The summed E-state index contributed by atoms with van der Waals surface area (Å²) in [5.41, 5.74) is 28.9. The van der Waals surface area contributed by atoms with Crippen molar-refractivity contribution in [2.45, 2.75) is 218 Å².